The van der Waals surface area contributed by atoms with E-state index in [1.54, 1.807) is 35.1 Å². The zero-order valence-electron chi connectivity index (χ0n) is 15.2. The molecule has 0 unspecified atom stereocenters. The van der Waals surface area contributed by atoms with Gasteiger partial charge in [0, 0.05) is 31.0 Å². The zero-order chi connectivity index (χ0) is 19.6. The Labute approximate surface area is 166 Å². The van der Waals surface area contributed by atoms with Crippen LogP contribution >= 0.6 is 23.2 Å². The first-order valence-electron chi connectivity index (χ1n) is 8.24. The van der Waals surface area contributed by atoms with Crippen LogP contribution in [0.15, 0.2) is 30.5 Å². The highest BCUT2D eigenvalue weighted by atomic mass is 35.5. The summed E-state index contributed by atoms with van der Waals surface area (Å²) in [6.07, 6.45) is 1.66. The van der Waals surface area contributed by atoms with E-state index >= 15 is 0 Å². The SMILES string of the molecule is Cc1nn(C)c(C)c1CNC(=O)c1ccn(COc2cccc(Cl)c2Cl)n1. The average Bonchev–Trinajstić information content (AvgIpc) is 3.20. The van der Waals surface area contributed by atoms with Gasteiger partial charge in [0.25, 0.3) is 5.91 Å². The first kappa shape index (κ1) is 19.3. The fourth-order valence-corrected chi connectivity index (χ4v) is 2.96. The third kappa shape index (κ3) is 4.26. The molecule has 0 radical (unpaired) electrons. The number of nitrogens with one attached hydrogen (secondary N) is 1. The van der Waals surface area contributed by atoms with Crippen molar-refractivity contribution in [2.24, 2.45) is 7.05 Å². The van der Waals surface area contributed by atoms with E-state index in [0.717, 1.165) is 17.0 Å². The summed E-state index contributed by atoms with van der Waals surface area (Å²) in [6, 6.07) is 6.76. The third-order valence-corrected chi connectivity index (χ3v) is 5.03. The molecule has 2 heterocycles. The molecule has 0 fully saturated rings. The lowest BCUT2D eigenvalue weighted by Gasteiger charge is -2.08. The van der Waals surface area contributed by atoms with E-state index in [0.29, 0.717) is 28.0 Å². The van der Waals surface area contributed by atoms with Crippen molar-refractivity contribution in [1.82, 2.24) is 24.9 Å². The molecule has 2 aromatic heterocycles. The van der Waals surface area contributed by atoms with Crippen molar-refractivity contribution in [3.63, 3.8) is 0 Å². The van der Waals surface area contributed by atoms with Crippen molar-refractivity contribution in [1.29, 1.82) is 0 Å². The summed E-state index contributed by atoms with van der Waals surface area (Å²) in [6.45, 7) is 4.38. The van der Waals surface area contributed by atoms with Crippen LogP contribution in [0.5, 0.6) is 5.75 Å². The van der Waals surface area contributed by atoms with E-state index < -0.39 is 0 Å². The fourth-order valence-electron chi connectivity index (χ4n) is 2.62. The van der Waals surface area contributed by atoms with Gasteiger partial charge < -0.3 is 10.1 Å². The summed E-state index contributed by atoms with van der Waals surface area (Å²) < 4.78 is 8.90. The number of aromatic nitrogens is 4. The minimum atomic E-state index is -0.266. The lowest BCUT2D eigenvalue weighted by atomic mass is 10.2. The molecule has 3 rings (SSSR count). The standard InChI is InChI=1S/C18H19Cl2N5O2/c1-11-13(12(2)24(3)22-11)9-21-18(26)15-7-8-25(23-15)10-27-16-6-4-5-14(19)17(16)20/h4-8H,9-10H2,1-3H3,(H,21,26). The van der Waals surface area contributed by atoms with Crippen molar-refractivity contribution >= 4 is 29.1 Å². The number of benzene rings is 1. The molecule has 0 atom stereocenters. The number of hydrogen-bond donors (Lipinski definition) is 1. The van der Waals surface area contributed by atoms with Gasteiger partial charge in [0.2, 0.25) is 0 Å². The number of carbonyl (C=O) groups excluding carboxylic acids is 1. The van der Waals surface area contributed by atoms with Gasteiger partial charge in [0.15, 0.2) is 6.73 Å². The lowest BCUT2D eigenvalue weighted by Crippen LogP contribution is -2.24. The molecule has 3 aromatic rings. The molecule has 0 saturated heterocycles. The van der Waals surface area contributed by atoms with Crippen LogP contribution in [0.1, 0.15) is 27.4 Å². The van der Waals surface area contributed by atoms with Crippen molar-refractivity contribution in [3.05, 3.63) is 63.2 Å². The minimum Gasteiger partial charge on any atom is -0.470 e. The maximum Gasteiger partial charge on any atom is 0.272 e. The molecular weight excluding hydrogens is 389 g/mol. The number of ether oxygens (including phenoxy) is 1. The summed E-state index contributed by atoms with van der Waals surface area (Å²) in [5.41, 5.74) is 3.22. The molecule has 142 valence electrons. The maximum atomic E-state index is 12.3. The molecule has 0 spiro atoms. The predicted octanol–water partition coefficient (Wildman–Crippen LogP) is 3.51. The Kier molecular flexibility index (Phi) is 5.72. The topological polar surface area (TPSA) is 74.0 Å². The van der Waals surface area contributed by atoms with E-state index in [4.69, 9.17) is 27.9 Å². The number of halogens is 2. The molecule has 27 heavy (non-hydrogen) atoms. The number of carbonyl (C=O) groups is 1. The van der Waals surface area contributed by atoms with Gasteiger partial charge in [-0.25, -0.2) is 4.68 Å². The predicted molar refractivity (Wildman–Crippen MR) is 103 cm³/mol. The number of amides is 1. The number of aryl methyl sites for hydroxylation is 2. The van der Waals surface area contributed by atoms with E-state index in [1.165, 1.54) is 4.68 Å². The highest BCUT2D eigenvalue weighted by Crippen LogP contribution is 2.31. The molecule has 1 N–H and O–H groups in total. The van der Waals surface area contributed by atoms with Gasteiger partial charge in [-0.05, 0) is 32.0 Å². The van der Waals surface area contributed by atoms with Crippen molar-refractivity contribution in [2.75, 3.05) is 0 Å². The molecule has 9 heteroatoms. The van der Waals surface area contributed by atoms with Gasteiger partial charge in [-0.3, -0.25) is 9.48 Å². The molecule has 1 aromatic carbocycles. The Morgan fingerprint density at radius 3 is 2.70 bits per heavy atom. The third-order valence-electron chi connectivity index (χ3n) is 4.23. The smallest absolute Gasteiger partial charge is 0.272 e. The van der Waals surface area contributed by atoms with Crippen LogP contribution in [0.3, 0.4) is 0 Å². The maximum absolute atomic E-state index is 12.3. The van der Waals surface area contributed by atoms with E-state index in [-0.39, 0.29) is 12.6 Å². The van der Waals surface area contributed by atoms with Gasteiger partial charge >= 0.3 is 0 Å². The second kappa shape index (κ2) is 8.02. The minimum absolute atomic E-state index is 0.105. The van der Waals surface area contributed by atoms with Gasteiger partial charge in [0.05, 0.1) is 10.7 Å². The molecule has 7 nitrogen and oxygen atoms in total. The fraction of sp³-hybridized carbons (Fsp3) is 0.278. The average molecular weight is 408 g/mol. The lowest BCUT2D eigenvalue weighted by molar-refractivity contribution is 0.0943. The Balaban J connectivity index is 1.60. The summed E-state index contributed by atoms with van der Waals surface area (Å²) >= 11 is 12.0. The number of rotatable bonds is 6. The molecular formula is C18H19Cl2N5O2. The first-order valence-corrected chi connectivity index (χ1v) is 9.00. The Bertz CT molecular complexity index is 980. The van der Waals surface area contributed by atoms with E-state index in [2.05, 4.69) is 15.5 Å². The van der Waals surface area contributed by atoms with Crippen LogP contribution < -0.4 is 10.1 Å². The molecule has 0 aliphatic heterocycles. The molecule has 0 aliphatic rings. The van der Waals surface area contributed by atoms with Gasteiger partial charge in [-0.15, -0.1) is 0 Å². The van der Waals surface area contributed by atoms with Crippen molar-refractivity contribution in [3.8, 4) is 5.75 Å². The molecule has 0 saturated carbocycles. The van der Waals surface area contributed by atoms with Crippen LogP contribution in [0.4, 0.5) is 0 Å². The van der Waals surface area contributed by atoms with Crippen LogP contribution in [0.25, 0.3) is 0 Å². The van der Waals surface area contributed by atoms with E-state index in [9.17, 15) is 4.79 Å². The second-order valence-electron chi connectivity index (χ2n) is 6.02. The van der Waals surface area contributed by atoms with Crippen LogP contribution in [0, 0.1) is 13.8 Å². The van der Waals surface area contributed by atoms with Crippen LogP contribution in [-0.4, -0.2) is 25.5 Å². The van der Waals surface area contributed by atoms with Crippen LogP contribution in [0.2, 0.25) is 10.0 Å². The summed E-state index contributed by atoms with van der Waals surface area (Å²) in [7, 11) is 1.88. The summed E-state index contributed by atoms with van der Waals surface area (Å²) in [4.78, 5) is 12.3. The molecule has 1 amide bonds. The number of hydrogen-bond acceptors (Lipinski definition) is 4. The summed E-state index contributed by atoms with van der Waals surface area (Å²) in [5, 5.41) is 12.2. The normalized spacial score (nSPS) is 10.9. The number of nitrogens with zero attached hydrogens (tertiary/aromatic N) is 4. The highest BCUT2D eigenvalue weighted by Gasteiger charge is 2.14. The Hall–Kier alpha value is -2.51. The Morgan fingerprint density at radius 2 is 2.00 bits per heavy atom. The van der Waals surface area contributed by atoms with Gasteiger partial charge in [0.1, 0.15) is 16.5 Å². The van der Waals surface area contributed by atoms with Gasteiger partial charge in [-0.2, -0.15) is 10.2 Å². The summed E-state index contributed by atoms with van der Waals surface area (Å²) in [5.74, 6) is 0.186. The quantitative estimate of drug-likeness (QED) is 0.678. The molecule has 0 bridgehead atoms. The van der Waals surface area contributed by atoms with Gasteiger partial charge in [-0.1, -0.05) is 29.3 Å². The zero-order valence-corrected chi connectivity index (χ0v) is 16.7. The van der Waals surface area contributed by atoms with Crippen LogP contribution in [-0.2, 0) is 20.3 Å². The second-order valence-corrected chi connectivity index (χ2v) is 6.81. The highest BCUT2D eigenvalue weighted by molar-refractivity contribution is 6.42. The largest absolute Gasteiger partial charge is 0.470 e. The van der Waals surface area contributed by atoms with E-state index in [1.807, 2.05) is 20.9 Å². The molecule has 0 aliphatic carbocycles. The Morgan fingerprint density at radius 1 is 1.22 bits per heavy atom. The first-order chi connectivity index (χ1) is 12.9. The van der Waals surface area contributed by atoms with Crippen molar-refractivity contribution < 1.29 is 9.53 Å². The monoisotopic (exact) mass is 407 g/mol. The van der Waals surface area contributed by atoms with Crippen molar-refractivity contribution in [2.45, 2.75) is 27.1 Å².